The van der Waals surface area contributed by atoms with E-state index >= 15 is 0 Å². The minimum Gasteiger partial charge on any atom is -0.302 e. The highest BCUT2D eigenvalue weighted by Crippen LogP contribution is 2.26. The van der Waals surface area contributed by atoms with E-state index in [0.717, 1.165) is 0 Å². The van der Waals surface area contributed by atoms with E-state index in [9.17, 15) is 8.78 Å². The summed E-state index contributed by atoms with van der Waals surface area (Å²) in [7, 11) is 3.58. The molecule has 0 bridgehead atoms. The third-order valence-electron chi connectivity index (χ3n) is 2.17. The number of hydrogen-bond acceptors (Lipinski definition) is 1. The van der Waals surface area contributed by atoms with Crippen molar-refractivity contribution in [2.24, 2.45) is 0 Å². The molecule has 0 aliphatic heterocycles. The molecule has 0 saturated carbocycles. The van der Waals surface area contributed by atoms with Crippen molar-refractivity contribution in [3.8, 4) is 0 Å². The van der Waals surface area contributed by atoms with Gasteiger partial charge in [-0.15, -0.1) is 0 Å². The topological polar surface area (TPSA) is 3.24 Å². The zero-order valence-corrected chi connectivity index (χ0v) is 8.59. The van der Waals surface area contributed by atoms with Crippen molar-refractivity contribution in [2.75, 3.05) is 14.1 Å². The molecule has 0 spiro atoms. The zero-order chi connectivity index (χ0) is 10.7. The van der Waals surface area contributed by atoms with Gasteiger partial charge in [0, 0.05) is 11.6 Å². The molecule has 77 valence electrons. The molecule has 1 unspecified atom stereocenters. The van der Waals surface area contributed by atoms with E-state index in [1.54, 1.807) is 32.3 Å². The third kappa shape index (κ3) is 2.10. The summed E-state index contributed by atoms with van der Waals surface area (Å²) in [4.78, 5) is 1.77. The van der Waals surface area contributed by atoms with Crippen LogP contribution in [0.15, 0.2) is 18.2 Å². The molecular weight excluding hydrogens is 184 g/mol. The van der Waals surface area contributed by atoms with Crippen LogP contribution in [-0.2, 0) is 0 Å². The Labute approximate surface area is 83.3 Å². The maximum absolute atomic E-state index is 13.4. The second-order valence-corrected chi connectivity index (χ2v) is 3.38. The van der Waals surface area contributed by atoms with Crippen LogP contribution in [0.25, 0.3) is 0 Å². The number of hydrogen-bond donors (Lipinski definition) is 0. The van der Waals surface area contributed by atoms with Gasteiger partial charge in [0.2, 0.25) is 0 Å². The number of rotatable bonds is 3. The molecule has 0 aliphatic carbocycles. The summed E-state index contributed by atoms with van der Waals surface area (Å²) in [6.45, 7) is 1.79. The fourth-order valence-corrected chi connectivity index (χ4v) is 1.52. The van der Waals surface area contributed by atoms with Crippen LogP contribution in [0.2, 0.25) is 0 Å². The van der Waals surface area contributed by atoms with Crippen molar-refractivity contribution < 1.29 is 8.78 Å². The van der Waals surface area contributed by atoms with Crippen LogP contribution < -0.4 is 0 Å². The zero-order valence-electron chi connectivity index (χ0n) is 8.59. The number of nitrogens with zero attached hydrogens (tertiary/aromatic N) is 1. The highest BCUT2D eigenvalue weighted by molar-refractivity contribution is 5.25. The van der Waals surface area contributed by atoms with Crippen LogP contribution >= 0.6 is 0 Å². The Morgan fingerprint density at radius 3 is 2.07 bits per heavy atom. The monoisotopic (exact) mass is 198 g/mol. The van der Waals surface area contributed by atoms with Gasteiger partial charge in [-0.2, -0.15) is 0 Å². The van der Waals surface area contributed by atoms with Gasteiger partial charge in [0.05, 0.1) is 0 Å². The first-order chi connectivity index (χ1) is 6.57. The number of benzene rings is 1. The Morgan fingerprint density at radius 1 is 1.21 bits per heavy atom. The van der Waals surface area contributed by atoms with Gasteiger partial charge >= 0.3 is 0 Å². The van der Waals surface area contributed by atoms with Crippen molar-refractivity contribution in [1.82, 2.24) is 4.90 Å². The van der Waals surface area contributed by atoms with Crippen molar-refractivity contribution >= 4 is 0 Å². The average Bonchev–Trinajstić information content (AvgIpc) is 2.10. The fraction of sp³-hybridized carbons (Fsp3) is 0.364. The van der Waals surface area contributed by atoms with Crippen molar-refractivity contribution in [3.05, 3.63) is 41.8 Å². The second kappa shape index (κ2) is 4.51. The Hall–Kier alpha value is -0.960. The molecule has 1 radical (unpaired) electrons. The Morgan fingerprint density at radius 2 is 1.71 bits per heavy atom. The lowest BCUT2D eigenvalue weighted by Crippen LogP contribution is -2.21. The van der Waals surface area contributed by atoms with Gasteiger partial charge < -0.3 is 4.90 Å². The maximum Gasteiger partial charge on any atom is 0.130 e. The summed E-state index contributed by atoms with van der Waals surface area (Å²) in [5, 5.41) is 0. The van der Waals surface area contributed by atoms with E-state index in [1.807, 2.05) is 0 Å². The summed E-state index contributed by atoms with van der Waals surface area (Å²) >= 11 is 0. The standard InChI is InChI=1S/C11H14F2N/c1-4-10(14(2)3)11-8(12)6-5-7-9(11)13/h4-7,10H,1-3H3. The molecule has 0 saturated heterocycles. The largest absolute Gasteiger partial charge is 0.302 e. The fourth-order valence-electron chi connectivity index (χ4n) is 1.52. The molecule has 1 nitrogen and oxygen atoms in total. The maximum atomic E-state index is 13.4. The third-order valence-corrected chi connectivity index (χ3v) is 2.17. The molecular formula is C11H14F2N. The average molecular weight is 198 g/mol. The van der Waals surface area contributed by atoms with Crippen molar-refractivity contribution in [2.45, 2.75) is 13.0 Å². The van der Waals surface area contributed by atoms with E-state index < -0.39 is 11.6 Å². The van der Waals surface area contributed by atoms with Crippen LogP contribution in [0.3, 0.4) is 0 Å². The van der Waals surface area contributed by atoms with E-state index in [0.29, 0.717) is 0 Å². The molecule has 14 heavy (non-hydrogen) atoms. The van der Waals surface area contributed by atoms with E-state index in [-0.39, 0.29) is 11.6 Å². The molecule has 0 fully saturated rings. The Balaban J connectivity index is 3.15. The lowest BCUT2D eigenvalue weighted by molar-refractivity contribution is 0.316. The van der Waals surface area contributed by atoms with Crippen LogP contribution in [0.4, 0.5) is 8.78 Å². The lowest BCUT2D eigenvalue weighted by atomic mass is 10.0. The van der Waals surface area contributed by atoms with E-state index in [2.05, 4.69) is 0 Å². The predicted molar refractivity (Wildman–Crippen MR) is 52.8 cm³/mol. The second-order valence-electron chi connectivity index (χ2n) is 3.38. The molecule has 0 aromatic heterocycles. The quantitative estimate of drug-likeness (QED) is 0.721. The Kier molecular flexibility index (Phi) is 3.58. The predicted octanol–water partition coefficient (Wildman–Crippen LogP) is 2.79. The van der Waals surface area contributed by atoms with Gasteiger partial charge in [0.15, 0.2) is 0 Å². The normalized spacial score (nSPS) is 13.3. The minimum atomic E-state index is -0.498. The summed E-state index contributed by atoms with van der Waals surface area (Å²) in [5.41, 5.74) is 0.111. The van der Waals surface area contributed by atoms with Gasteiger partial charge in [-0.25, -0.2) is 8.78 Å². The summed E-state index contributed by atoms with van der Waals surface area (Å²) in [6.07, 6.45) is 1.77. The molecule has 0 amide bonds. The number of halogens is 2. The molecule has 1 atom stereocenters. The van der Waals surface area contributed by atoms with Crippen LogP contribution in [0, 0.1) is 18.1 Å². The molecule has 0 aliphatic rings. The van der Waals surface area contributed by atoms with Gasteiger partial charge in [-0.05, 0) is 32.6 Å². The molecule has 1 aromatic rings. The molecule has 3 heteroatoms. The van der Waals surface area contributed by atoms with E-state index in [4.69, 9.17) is 0 Å². The highest BCUT2D eigenvalue weighted by atomic mass is 19.1. The van der Waals surface area contributed by atoms with E-state index in [1.165, 1.54) is 18.2 Å². The first kappa shape index (κ1) is 11.1. The summed E-state index contributed by atoms with van der Waals surface area (Å²) in [6, 6.07) is 3.60. The van der Waals surface area contributed by atoms with Gasteiger partial charge in [-0.3, -0.25) is 0 Å². The first-order valence-corrected chi connectivity index (χ1v) is 4.47. The van der Waals surface area contributed by atoms with Crippen molar-refractivity contribution in [1.29, 1.82) is 0 Å². The molecule has 0 heterocycles. The van der Waals surface area contributed by atoms with Gasteiger partial charge in [-0.1, -0.05) is 13.0 Å². The highest BCUT2D eigenvalue weighted by Gasteiger charge is 2.19. The van der Waals surface area contributed by atoms with Crippen molar-refractivity contribution in [3.63, 3.8) is 0 Å². The summed E-state index contributed by atoms with van der Waals surface area (Å²) in [5.74, 6) is -0.997. The molecule has 1 aromatic carbocycles. The van der Waals surface area contributed by atoms with Gasteiger partial charge in [0.1, 0.15) is 11.6 Å². The molecule has 0 N–H and O–H groups in total. The van der Waals surface area contributed by atoms with Gasteiger partial charge in [0.25, 0.3) is 0 Å². The van der Waals surface area contributed by atoms with Crippen LogP contribution in [-0.4, -0.2) is 19.0 Å². The minimum absolute atomic E-state index is 0.111. The van der Waals surface area contributed by atoms with Crippen LogP contribution in [0.1, 0.15) is 18.5 Å². The SMILES string of the molecule is C[CH]C(c1c(F)cccc1F)N(C)C. The molecule has 1 rings (SSSR count). The smallest absolute Gasteiger partial charge is 0.130 e. The van der Waals surface area contributed by atoms with Crippen LogP contribution in [0.5, 0.6) is 0 Å². The lowest BCUT2D eigenvalue weighted by Gasteiger charge is -2.23. The summed E-state index contributed by atoms with van der Waals surface area (Å²) < 4.78 is 26.7. The Bertz CT molecular complexity index is 290. The first-order valence-electron chi connectivity index (χ1n) is 4.47.